The number of phenols is 1. The van der Waals surface area contributed by atoms with Gasteiger partial charge in [0.05, 0.1) is 6.10 Å². The van der Waals surface area contributed by atoms with Crippen LogP contribution in [0.1, 0.15) is 63.0 Å². The molecule has 3 aliphatic rings. The number of aromatic hydroxyl groups is 1. The van der Waals surface area contributed by atoms with Crippen LogP contribution in [0.25, 0.3) is 0 Å². The van der Waals surface area contributed by atoms with Gasteiger partial charge in [0.25, 0.3) is 0 Å². The molecule has 0 bridgehead atoms. The zero-order valence-electron chi connectivity index (χ0n) is 14.7. The maximum absolute atomic E-state index is 15.4. The molecule has 0 unspecified atom stereocenters. The van der Waals surface area contributed by atoms with Gasteiger partial charge in [0.2, 0.25) is 0 Å². The van der Waals surface area contributed by atoms with Crippen molar-refractivity contribution in [3.8, 4) is 5.75 Å². The van der Waals surface area contributed by atoms with E-state index in [1.807, 2.05) is 12.1 Å². The highest BCUT2D eigenvalue weighted by Gasteiger charge is 2.58. The van der Waals surface area contributed by atoms with Crippen LogP contribution in [-0.4, -0.2) is 22.5 Å². The molecule has 2 fully saturated rings. The Bertz CT molecular complexity index is 630. The fourth-order valence-electron chi connectivity index (χ4n) is 6.47. The van der Waals surface area contributed by atoms with Crippen LogP contribution in [0.4, 0.5) is 4.39 Å². The smallest absolute Gasteiger partial charge is 0.115 e. The average Bonchev–Trinajstić information content (AvgIpc) is 2.80. The Morgan fingerprint density at radius 1 is 1.29 bits per heavy atom. The van der Waals surface area contributed by atoms with Gasteiger partial charge in [-0.1, -0.05) is 32.8 Å². The number of halogens is 1. The Morgan fingerprint density at radius 3 is 2.83 bits per heavy atom. The second-order valence-electron chi connectivity index (χ2n) is 8.81. The first kappa shape index (κ1) is 16.4. The van der Waals surface area contributed by atoms with E-state index in [4.69, 9.17) is 0 Å². The molecular formula is C21H29FO2. The van der Waals surface area contributed by atoms with E-state index in [2.05, 4.69) is 13.8 Å². The quantitative estimate of drug-likeness (QED) is 0.832. The van der Waals surface area contributed by atoms with Crippen LogP contribution in [0.15, 0.2) is 18.2 Å². The molecule has 1 aromatic carbocycles. The number of aliphatic hydroxyl groups is 1. The highest BCUT2D eigenvalue weighted by Crippen LogP contribution is 2.63. The topological polar surface area (TPSA) is 40.5 Å². The second-order valence-corrected chi connectivity index (χ2v) is 8.81. The number of phenolic OH excluding ortho intramolecular Hbond substituents is 1. The van der Waals surface area contributed by atoms with Crippen LogP contribution in [0.3, 0.4) is 0 Å². The summed E-state index contributed by atoms with van der Waals surface area (Å²) in [7, 11) is 0. The molecule has 0 heterocycles. The van der Waals surface area contributed by atoms with Gasteiger partial charge < -0.3 is 10.2 Å². The third kappa shape index (κ3) is 2.39. The normalized spacial score (nSPS) is 43.8. The SMILES string of the molecule is CCC[C@@H]1Cc2cc(O)ccc2[C@@H]2[C@@H]1[C@@H]1C[C@@H](O)C[C@@]1(C)C[C@@H]2F. The molecule has 0 radical (unpaired) electrons. The molecule has 132 valence electrons. The summed E-state index contributed by atoms with van der Waals surface area (Å²) in [6.07, 6.45) is 4.18. The molecule has 0 aliphatic heterocycles. The largest absolute Gasteiger partial charge is 0.508 e. The van der Waals surface area contributed by atoms with Crippen molar-refractivity contribution in [3.63, 3.8) is 0 Å². The predicted octanol–water partition coefficient (Wildman–Crippen LogP) is 4.58. The van der Waals surface area contributed by atoms with Gasteiger partial charge in [-0.05, 0) is 72.1 Å². The number of hydrogen-bond acceptors (Lipinski definition) is 2. The molecule has 0 spiro atoms. The molecule has 3 heteroatoms. The van der Waals surface area contributed by atoms with Crippen molar-refractivity contribution < 1.29 is 14.6 Å². The molecule has 1 aromatic rings. The third-order valence-electron chi connectivity index (χ3n) is 7.22. The minimum atomic E-state index is -0.843. The molecule has 4 rings (SSSR count). The van der Waals surface area contributed by atoms with Crippen molar-refractivity contribution in [2.24, 2.45) is 23.2 Å². The van der Waals surface area contributed by atoms with E-state index in [0.29, 0.717) is 24.2 Å². The van der Waals surface area contributed by atoms with Gasteiger partial charge in [0, 0.05) is 5.92 Å². The lowest BCUT2D eigenvalue weighted by atomic mass is 9.52. The Morgan fingerprint density at radius 2 is 2.08 bits per heavy atom. The zero-order valence-corrected chi connectivity index (χ0v) is 14.7. The van der Waals surface area contributed by atoms with Crippen molar-refractivity contribution in [1.29, 1.82) is 0 Å². The maximum Gasteiger partial charge on any atom is 0.115 e. The van der Waals surface area contributed by atoms with Crippen LogP contribution < -0.4 is 0 Å². The molecule has 0 amide bonds. The number of fused-ring (bicyclic) bond motifs is 5. The Hall–Kier alpha value is -1.09. The fourth-order valence-corrected chi connectivity index (χ4v) is 6.47. The van der Waals surface area contributed by atoms with E-state index in [9.17, 15) is 10.2 Å². The van der Waals surface area contributed by atoms with Crippen LogP contribution in [0.5, 0.6) is 5.75 Å². The first-order chi connectivity index (χ1) is 11.4. The van der Waals surface area contributed by atoms with Gasteiger partial charge in [0.15, 0.2) is 0 Å². The lowest BCUT2D eigenvalue weighted by Gasteiger charge is -2.53. The summed E-state index contributed by atoms with van der Waals surface area (Å²) in [6.45, 7) is 4.40. The van der Waals surface area contributed by atoms with Crippen LogP contribution in [0, 0.1) is 23.2 Å². The summed E-state index contributed by atoms with van der Waals surface area (Å²) in [4.78, 5) is 0. The predicted molar refractivity (Wildman–Crippen MR) is 92.8 cm³/mol. The first-order valence-corrected chi connectivity index (χ1v) is 9.57. The lowest BCUT2D eigenvalue weighted by Crippen LogP contribution is -2.48. The number of rotatable bonds is 2. The summed E-state index contributed by atoms with van der Waals surface area (Å²) in [5, 5.41) is 20.2. The van der Waals surface area contributed by atoms with E-state index in [1.165, 1.54) is 0 Å². The molecule has 7 atom stereocenters. The van der Waals surface area contributed by atoms with Crippen LogP contribution in [0.2, 0.25) is 0 Å². The van der Waals surface area contributed by atoms with Crippen LogP contribution >= 0.6 is 0 Å². The molecule has 2 nitrogen and oxygen atoms in total. The van der Waals surface area contributed by atoms with Crippen molar-refractivity contribution in [2.45, 2.75) is 70.6 Å². The Kier molecular flexibility index (Phi) is 3.91. The molecular weight excluding hydrogens is 303 g/mol. The Labute approximate surface area is 144 Å². The number of hydrogen-bond donors (Lipinski definition) is 2. The molecule has 2 N–H and O–H groups in total. The molecule has 0 aromatic heterocycles. The minimum absolute atomic E-state index is 0.0551. The standard InChI is InChI=1S/C21H29FO2/c1-3-4-12-7-13-8-14(23)5-6-16(13)20-18(22)11-21(2)10-15(24)9-17(21)19(12)20/h5-6,8,12,15,17-20,23-24H,3-4,7,9-11H2,1-2H3/t12-,15-,17+,18+,19+,20+,21+/m1/s1. The van der Waals surface area contributed by atoms with E-state index < -0.39 is 6.17 Å². The summed E-state index contributed by atoms with van der Waals surface area (Å²) >= 11 is 0. The van der Waals surface area contributed by atoms with Crippen molar-refractivity contribution in [3.05, 3.63) is 29.3 Å². The summed E-state index contributed by atoms with van der Waals surface area (Å²) in [5.74, 6) is 1.43. The van der Waals surface area contributed by atoms with Gasteiger partial charge in [-0.15, -0.1) is 0 Å². The minimum Gasteiger partial charge on any atom is -0.508 e. The highest BCUT2D eigenvalue weighted by molar-refractivity contribution is 5.41. The van der Waals surface area contributed by atoms with E-state index in [1.54, 1.807) is 6.07 Å². The lowest BCUT2D eigenvalue weighted by molar-refractivity contribution is -0.0257. The Balaban J connectivity index is 1.80. The summed E-state index contributed by atoms with van der Waals surface area (Å²) in [5.41, 5.74) is 2.20. The number of alkyl halides is 1. The monoisotopic (exact) mass is 332 g/mol. The number of benzene rings is 1. The fraction of sp³-hybridized carbons (Fsp3) is 0.714. The number of aliphatic hydroxyl groups excluding tert-OH is 1. The van der Waals surface area contributed by atoms with Gasteiger partial charge >= 0.3 is 0 Å². The zero-order chi connectivity index (χ0) is 17.1. The van der Waals surface area contributed by atoms with Crippen LogP contribution in [-0.2, 0) is 6.42 Å². The molecule has 3 aliphatic carbocycles. The third-order valence-corrected chi connectivity index (χ3v) is 7.22. The van der Waals surface area contributed by atoms with Crippen molar-refractivity contribution in [2.75, 3.05) is 0 Å². The first-order valence-electron chi connectivity index (χ1n) is 9.57. The molecule has 2 saturated carbocycles. The van der Waals surface area contributed by atoms with Gasteiger partial charge in [0.1, 0.15) is 11.9 Å². The highest BCUT2D eigenvalue weighted by atomic mass is 19.1. The average molecular weight is 332 g/mol. The summed E-state index contributed by atoms with van der Waals surface area (Å²) < 4.78 is 15.4. The maximum atomic E-state index is 15.4. The van der Waals surface area contributed by atoms with E-state index in [0.717, 1.165) is 43.2 Å². The van der Waals surface area contributed by atoms with Gasteiger partial charge in [-0.2, -0.15) is 0 Å². The molecule has 24 heavy (non-hydrogen) atoms. The second kappa shape index (κ2) is 5.72. The van der Waals surface area contributed by atoms with E-state index in [-0.39, 0.29) is 23.2 Å². The molecule has 0 saturated heterocycles. The van der Waals surface area contributed by atoms with Crippen molar-refractivity contribution in [1.82, 2.24) is 0 Å². The van der Waals surface area contributed by atoms with Gasteiger partial charge in [-0.3, -0.25) is 0 Å². The van der Waals surface area contributed by atoms with Crippen molar-refractivity contribution >= 4 is 0 Å². The van der Waals surface area contributed by atoms with E-state index >= 15 is 4.39 Å². The summed E-state index contributed by atoms with van der Waals surface area (Å²) in [6, 6.07) is 5.50. The van der Waals surface area contributed by atoms with Gasteiger partial charge in [-0.25, -0.2) is 4.39 Å².